The average molecular weight is 607 g/mol. The number of alkyl halides is 6. The fraction of sp³-hybridized carbons (Fsp3) is 0.417. The van der Waals surface area contributed by atoms with Crippen molar-refractivity contribution in [3.63, 3.8) is 0 Å². The molecule has 1 fully saturated rings. The highest BCUT2D eigenvalue weighted by atomic mass is 35.5. The Kier molecular flexibility index (Phi) is 11.3. The van der Waals surface area contributed by atoms with Gasteiger partial charge in [0.05, 0.1) is 35.5 Å². The van der Waals surface area contributed by atoms with Gasteiger partial charge in [-0.1, -0.05) is 11.6 Å². The zero-order valence-electron chi connectivity index (χ0n) is 21.4. The Hall–Kier alpha value is -4.15. The second kappa shape index (κ2) is 14.0. The van der Waals surface area contributed by atoms with Gasteiger partial charge in [-0.3, -0.25) is 0 Å². The Labute approximate surface area is 234 Å². The molecule has 0 saturated carbocycles. The van der Waals surface area contributed by atoms with Crippen LogP contribution in [0.2, 0.25) is 5.15 Å². The standard InChI is InChI=1S/C14H15F3N4O2.C10H6ClF3N2O2/c1-2-23-13(22)10-7-9(8-18)12(20-11(10)14(15,16)17)21-5-3-19-4-6-21;1-2-18-9(17)6-3-5(4-15)8(11)16-7(6)10(12,13)14/h7,19H,2-6H2,1H3;3H,2H2,1H3. The lowest BCUT2D eigenvalue weighted by atomic mass is 10.1. The molecule has 0 bridgehead atoms. The number of pyridine rings is 2. The largest absolute Gasteiger partial charge is 0.462 e. The third kappa shape index (κ3) is 8.42. The molecule has 1 aliphatic heterocycles. The summed E-state index contributed by atoms with van der Waals surface area (Å²) in [4.78, 5) is 31.4. The lowest BCUT2D eigenvalue weighted by Gasteiger charge is -2.29. The Morgan fingerprint density at radius 3 is 1.76 bits per heavy atom. The summed E-state index contributed by atoms with van der Waals surface area (Å²) in [5.74, 6) is -2.41. The molecule has 10 nitrogen and oxygen atoms in total. The van der Waals surface area contributed by atoms with E-state index >= 15 is 0 Å². The van der Waals surface area contributed by atoms with E-state index in [1.54, 1.807) is 11.0 Å². The Morgan fingerprint density at radius 2 is 1.34 bits per heavy atom. The summed E-state index contributed by atoms with van der Waals surface area (Å²) in [7, 11) is 0. The van der Waals surface area contributed by atoms with Crippen LogP contribution in [0.1, 0.15) is 57.1 Å². The maximum atomic E-state index is 13.2. The number of ether oxygens (including phenoxy) is 2. The van der Waals surface area contributed by atoms with Crippen LogP contribution in [0.25, 0.3) is 0 Å². The van der Waals surface area contributed by atoms with E-state index in [0.29, 0.717) is 26.2 Å². The minimum Gasteiger partial charge on any atom is -0.462 e. The SMILES string of the molecule is CCOC(=O)c1cc(C#N)c(Cl)nc1C(F)(F)F.CCOC(=O)c1cc(C#N)c(N2CCNCC2)nc1C(F)(F)F. The first kappa shape index (κ1) is 33.1. The molecule has 2 aromatic heterocycles. The number of nitriles is 2. The quantitative estimate of drug-likeness (QED) is 0.296. The van der Waals surface area contributed by atoms with E-state index in [1.807, 2.05) is 6.07 Å². The number of carbonyl (C=O) groups is 2. The molecule has 2 aromatic rings. The Balaban J connectivity index is 0.000000296. The zero-order chi connectivity index (χ0) is 31.0. The van der Waals surface area contributed by atoms with Crippen LogP contribution in [-0.4, -0.2) is 61.3 Å². The predicted molar refractivity (Wildman–Crippen MR) is 130 cm³/mol. The van der Waals surface area contributed by atoms with Gasteiger partial charge in [-0.15, -0.1) is 0 Å². The summed E-state index contributed by atoms with van der Waals surface area (Å²) in [6.07, 6.45) is -9.68. The van der Waals surface area contributed by atoms with E-state index in [2.05, 4.69) is 24.8 Å². The summed E-state index contributed by atoms with van der Waals surface area (Å²) in [5.41, 5.74) is -4.77. The summed E-state index contributed by atoms with van der Waals surface area (Å²) in [6.45, 7) is 4.77. The normalized spacial score (nSPS) is 13.3. The molecule has 17 heteroatoms. The van der Waals surface area contributed by atoms with Gasteiger partial charge in [-0.2, -0.15) is 36.9 Å². The molecular formula is C24H21ClF6N6O4. The van der Waals surface area contributed by atoms with Gasteiger partial charge in [-0.25, -0.2) is 19.6 Å². The van der Waals surface area contributed by atoms with Gasteiger partial charge in [0.15, 0.2) is 11.4 Å². The third-order valence-electron chi connectivity index (χ3n) is 5.16. The first-order valence-corrected chi connectivity index (χ1v) is 12.1. The molecule has 0 atom stereocenters. The highest BCUT2D eigenvalue weighted by Gasteiger charge is 2.40. The first-order chi connectivity index (χ1) is 19.2. The van der Waals surface area contributed by atoms with Crippen LogP contribution in [0.4, 0.5) is 32.2 Å². The van der Waals surface area contributed by atoms with Crippen LogP contribution in [0, 0.1) is 22.7 Å². The van der Waals surface area contributed by atoms with Gasteiger partial charge in [0.25, 0.3) is 0 Å². The number of carbonyl (C=O) groups excluding carboxylic acids is 2. The number of nitrogens with zero attached hydrogens (tertiary/aromatic N) is 5. The average Bonchev–Trinajstić information content (AvgIpc) is 2.92. The minimum absolute atomic E-state index is 0.0608. The van der Waals surface area contributed by atoms with E-state index in [4.69, 9.17) is 16.9 Å². The van der Waals surface area contributed by atoms with Crippen LogP contribution < -0.4 is 10.2 Å². The molecule has 41 heavy (non-hydrogen) atoms. The molecular weight excluding hydrogens is 586 g/mol. The molecule has 3 heterocycles. The maximum Gasteiger partial charge on any atom is 0.434 e. The number of halogens is 7. The zero-order valence-corrected chi connectivity index (χ0v) is 22.2. The minimum atomic E-state index is -4.86. The van der Waals surface area contributed by atoms with E-state index in [0.717, 1.165) is 12.1 Å². The molecule has 1 aliphatic rings. The molecule has 0 radical (unpaired) electrons. The Bertz CT molecular complexity index is 1360. The van der Waals surface area contributed by atoms with Gasteiger partial charge in [0, 0.05) is 26.2 Å². The first-order valence-electron chi connectivity index (χ1n) is 11.7. The number of esters is 2. The van der Waals surface area contributed by atoms with Crippen LogP contribution in [0.15, 0.2) is 12.1 Å². The van der Waals surface area contributed by atoms with Gasteiger partial charge >= 0.3 is 24.3 Å². The van der Waals surface area contributed by atoms with E-state index in [9.17, 15) is 41.2 Å². The fourth-order valence-corrected chi connectivity index (χ4v) is 3.62. The molecule has 3 rings (SSSR count). The number of nitrogens with one attached hydrogen (secondary N) is 1. The highest BCUT2D eigenvalue weighted by molar-refractivity contribution is 6.30. The van der Waals surface area contributed by atoms with Crippen molar-refractivity contribution < 1.29 is 45.4 Å². The van der Waals surface area contributed by atoms with E-state index < -0.39 is 52.0 Å². The second-order valence-corrected chi connectivity index (χ2v) is 8.23. The number of aromatic nitrogens is 2. The van der Waals surface area contributed by atoms with Crippen molar-refractivity contribution in [2.24, 2.45) is 0 Å². The van der Waals surface area contributed by atoms with Crippen LogP contribution >= 0.6 is 11.6 Å². The monoisotopic (exact) mass is 606 g/mol. The van der Waals surface area contributed by atoms with Crippen molar-refractivity contribution in [2.45, 2.75) is 26.2 Å². The molecule has 0 spiro atoms. The number of piperazine rings is 1. The molecule has 0 aliphatic carbocycles. The smallest absolute Gasteiger partial charge is 0.434 e. The van der Waals surface area contributed by atoms with E-state index in [1.165, 1.54) is 13.8 Å². The van der Waals surface area contributed by atoms with Gasteiger partial charge < -0.3 is 19.7 Å². The number of hydrogen-bond acceptors (Lipinski definition) is 10. The third-order valence-corrected chi connectivity index (χ3v) is 5.45. The van der Waals surface area contributed by atoms with E-state index in [-0.39, 0.29) is 30.2 Å². The Morgan fingerprint density at radius 1 is 0.902 bits per heavy atom. The van der Waals surface area contributed by atoms with Crippen molar-refractivity contribution in [3.8, 4) is 12.1 Å². The molecule has 0 aromatic carbocycles. The lowest BCUT2D eigenvalue weighted by molar-refractivity contribution is -0.142. The highest BCUT2D eigenvalue weighted by Crippen LogP contribution is 2.35. The molecule has 0 unspecified atom stereocenters. The number of hydrogen-bond donors (Lipinski definition) is 1. The summed E-state index contributed by atoms with van der Waals surface area (Å²) >= 11 is 5.40. The van der Waals surface area contributed by atoms with Crippen molar-refractivity contribution in [2.75, 3.05) is 44.3 Å². The fourth-order valence-electron chi connectivity index (χ4n) is 3.43. The van der Waals surface area contributed by atoms with Crippen LogP contribution in [0.5, 0.6) is 0 Å². The molecule has 220 valence electrons. The molecule has 1 saturated heterocycles. The van der Waals surface area contributed by atoms with Crippen LogP contribution in [0.3, 0.4) is 0 Å². The predicted octanol–water partition coefficient (Wildman–Crippen LogP) is 4.36. The van der Waals surface area contributed by atoms with Gasteiger partial charge in [-0.05, 0) is 26.0 Å². The van der Waals surface area contributed by atoms with Crippen molar-refractivity contribution >= 4 is 29.4 Å². The summed E-state index contributed by atoms with van der Waals surface area (Å²) in [5, 5.41) is 20.3. The summed E-state index contributed by atoms with van der Waals surface area (Å²) in [6, 6.07) is 4.98. The van der Waals surface area contributed by atoms with Crippen molar-refractivity contribution in [3.05, 3.63) is 50.9 Å². The van der Waals surface area contributed by atoms with Gasteiger partial charge in [0.1, 0.15) is 23.1 Å². The van der Waals surface area contributed by atoms with Crippen molar-refractivity contribution in [1.82, 2.24) is 15.3 Å². The molecule has 1 N–H and O–H groups in total. The second-order valence-electron chi connectivity index (χ2n) is 7.88. The number of rotatable bonds is 5. The lowest BCUT2D eigenvalue weighted by Crippen LogP contribution is -2.44. The molecule has 0 amide bonds. The van der Waals surface area contributed by atoms with Gasteiger partial charge in [0.2, 0.25) is 0 Å². The maximum absolute atomic E-state index is 13.2. The summed E-state index contributed by atoms with van der Waals surface area (Å²) < 4.78 is 86.8. The topological polar surface area (TPSA) is 141 Å². The van der Waals surface area contributed by atoms with Crippen molar-refractivity contribution in [1.29, 1.82) is 10.5 Å². The number of anilines is 1. The van der Waals surface area contributed by atoms with Crippen LogP contribution in [-0.2, 0) is 21.8 Å².